The molecule has 0 radical (unpaired) electrons. The molecule has 0 aromatic carbocycles. The molecule has 1 atom stereocenters. The number of nitrogens with zero attached hydrogens (tertiary/aromatic N) is 4. The molecule has 0 saturated carbocycles. The van der Waals surface area contributed by atoms with Crippen molar-refractivity contribution in [3.05, 3.63) is 40.2 Å². The predicted molar refractivity (Wildman–Crippen MR) is 84.5 cm³/mol. The molecule has 5 nitrogen and oxygen atoms in total. The van der Waals surface area contributed by atoms with E-state index in [4.69, 9.17) is 11.6 Å². The molecule has 0 saturated heterocycles. The van der Waals surface area contributed by atoms with Crippen molar-refractivity contribution in [3.63, 3.8) is 0 Å². The third-order valence-corrected chi connectivity index (χ3v) is 3.90. The number of nitrogens with one attached hydrogen (secondary N) is 1. The van der Waals surface area contributed by atoms with E-state index in [1.54, 1.807) is 0 Å². The van der Waals surface area contributed by atoms with Crippen LogP contribution in [0.3, 0.4) is 0 Å². The number of aryl methyl sites for hydroxylation is 3. The standard InChI is InChI=1S/C15H22ClN5/c1-5-11-14(16)13(21(4)20-11)7-12(17-6-2)15-18-8-10(3)9-19-15/h8-9,12,17H,5-7H2,1-4H3. The summed E-state index contributed by atoms with van der Waals surface area (Å²) in [7, 11) is 1.93. The molecule has 1 unspecified atom stereocenters. The molecule has 0 spiro atoms. The molecule has 114 valence electrons. The van der Waals surface area contributed by atoms with Gasteiger partial charge in [0.05, 0.1) is 22.5 Å². The van der Waals surface area contributed by atoms with Crippen LogP contribution in [0.5, 0.6) is 0 Å². The second-order valence-corrected chi connectivity index (χ2v) is 5.50. The van der Waals surface area contributed by atoms with Gasteiger partial charge in [0.1, 0.15) is 5.82 Å². The summed E-state index contributed by atoms with van der Waals surface area (Å²) in [5.41, 5.74) is 3.01. The Morgan fingerprint density at radius 2 is 1.95 bits per heavy atom. The average Bonchev–Trinajstić information content (AvgIpc) is 2.75. The Labute approximate surface area is 130 Å². The highest BCUT2D eigenvalue weighted by Gasteiger charge is 2.20. The second-order valence-electron chi connectivity index (χ2n) is 5.12. The highest BCUT2D eigenvalue weighted by molar-refractivity contribution is 6.31. The van der Waals surface area contributed by atoms with Crippen molar-refractivity contribution >= 4 is 11.6 Å². The van der Waals surface area contributed by atoms with Crippen molar-refractivity contribution in [2.45, 2.75) is 39.7 Å². The maximum absolute atomic E-state index is 6.43. The summed E-state index contributed by atoms with van der Waals surface area (Å²) < 4.78 is 1.86. The Morgan fingerprint density at radius 1 is 1.29 bits per heavy atom. The van der Waals surface area contributed by atoms with Crippen molar-refractivity contribution in [2.24, 2.45) is 7.05 Å². The Kier molecular flexibility index (Phi) is 5.31. The molecule has 0 fully saturated rings. The van der Waals surface area contributed by atoms with Gasteiger partial charge < -0.3 is 5.32 Å². The number of hydrogen-bond acceptors (Lipinski definition) is 4. The molecule has 2 aromatic rings. The number of aromatic nitrogens is 4. The normalized spacial score (nSPS) is 12.6. The Bertz CT molecular complexity index is 591. The van der Waals surface area contributed by atoms with Crippen LogP contribution in [0.2, 0.25) is 5.02 Å². The fraction of sp³-hybridized carbons (Fsp3) is 0.533. The lowest BCUT2D eigenvalue weighted by molar-refractivity contribution is 0.504. The molecule has 2 heterocycles. The molecule has 6 heteroatoms. The van der Waals surface area contributed by atoms with Gasteiger partial charge in [0.25, 0.3) is 0 Å². The van der Waals surface area contributed by atoms with Crippen LogP contribution in [0.1, 0.15) is 42.7 Å². The minimum absolute atomic E-state index is 0.0354. The molecule has 0 bridgehead atoms. The van der Waals surface area contributed by atoms with E-state index in [9.17, 15) is 0 Å². The second kappa shape index (κ2) is 7.00. The fourth-order valence-electron chi connectivity index (χ4n) is 2.32. The first-order valence-electron chi connectivity index (χ1n) is 7.28. The average molecular weight is 308 g/mol. The molecule has 2 rings (SSSR count). The largest absolute Gasteiger partial charge is 0.307 e. The molecular formula is C15H22ClN5. The van der Waals surface area contributed by atoms with E-state index < -0.39 is 0 Å². The van der Waals surface area contributed by atoms with Gasteiger partial charge in [-0.3, -0.25) is 4.68 Å². The van der Waals surface area contributed by atoms with Crippen LogP contribution in [0.15, 0.2) is 12.4 Å². The molecular weight excluding hydrogens is 286 g/mol. The highest BCUT2D eigenvalue weighted by Crippen LogP contribution is 2.25. The van der Waals surface area contributed by atoms with Crippen LogP contribution in [-0.4, -0.2) is 26.3 Å². The lowest BCUT2D eigenvalue weighted by Gasteiger charge is -2.17. The fourth-order valence-corrected chi connectivity index (χ4v) is 2.69. The van der Waals surface area contributed by atoms with Gasteiger partial charge in [0.2, 0.25) is 0 Å². The van der Waals surface area contributed by atoms with E-state index in [2.05, 4.69) is 34.2 Å². The van der Waals surface area contributed by atoms with Gasteiger partial charge in [-0.1, -0.05) is 25.4 Å². The third kappa shape index (κ3) is 3.60. The van der Waals surface area contributed by atoms with Gasteiger partial charge in [-0.15, -0.1) is 0 Å². The monoisotopic (exact) mass is 307 g/mol. The summed E-state index contributed by atoms with van der Waals surface area (Å²) in [6, 6.07) is 0.0354. The number of rotatable bonds is 6. The van der Waals surface area contributed by atoms with Gasteiger partial charge in [0, 0.05) is 25.9 Å². The van der Waals surface area contributed by atoms with Crippen LogP contribution in [-0.2, 0) is 19.9 Å². The maximum atomic E-state index is 6.43. The van der Waals surface area contributed by atoms with Gasteiger partial charge in [-0.25, -0.2) is 9.97 Å². The lowest BCUT2D eigenvalue weighted by atomic mass is 10.1. The molecule has 0 amide bonds. The van der Waals surface area contributed by atoms with E-state index in [1.807, 2.05) is 31.0 Å². The molecule has 1 N–H and O–H groups in total. The zero-order chi connectivity index (χ0) is 15.4. The van der Waals surface area contributed by atoms with E-state index in [0.29, 0.717) is 0 Å². The third-order valence-electron chi connectivity index (χ3n) is 3.46. The van der Waals surface area contributed by atoms with Crippen molar-refractivity contribution in [3.8, 4) is 0 Å². The summed E-state index contributed by atoms with van der Waals surface area (Å²) in [6.45, 7) is 6.96. The Hall–Kier alpha value is -1.46. The maximum Gasteiger partial charge on any atom is 0.145 e. The molecule has 2 aromatic heterocycles. The number of halogens is 1. The lowest BCUT2D eigenvalue weighted by Crippen LogP contribution is -2.26. The first kappa shape index (κ1) is 15.9. The Balaban J connectivity index is 2.28. The van der Waals surface area contributed by atoms with Crippen LogP contribution >= 0.6 is 11.6 Å². The van der Waals surface area contributed by atoms with Gasteiger partial charge in [-0.2, -0.15) is 5.10 Å². The molecule has 21 heavy (non-hydrogen) atoms. The quantitative estimate of drug-likeness (QED) is 0.891. The zero-order valence-corrected chi connectivity index (χ0v) is 13.8. The molecule has 0 aliphatic heterocycles. The number of likely N-dealkylation sites (N-methyl/N-ethyl adjacent to an activating group) is 1. The predicted octanol–water partition coefficient (Wildman–Crippen LogP) is 2.63. The highest BCUT2D eigenvalue weighted by atomic mass is 35.5. The molecule has 0 aliphatic rings. The topological polar surface area (TPSA) is 55.6 Å². The van der Waals surface area contributed by atoms with Crippen molar-refractivity contribution in [2.75, 3.05) is 6.54 Å². The van der Waals surface area contributed by atoms with Crippen molar-refractivity contribution in [1.29, 1.82) is 0 Å². The smallest absolute Gasteiger partial charge is 0.145 e. The van der Waals surface area contributed by atoms with E-state index in [1.165, 1.54) is 0 Å². The van der Waals surface area contributed by atoms with E-state index in [-0.39, 0.29) is 6.04 Å². The van der Waals surface area contributed by atoms with Crippen molar-refractivity contribution < 1.29 is 0 Å². The summed E-state index contributed by atoms with van der Waals surface area (Å²) in [5.74, 6) is 0.790. The minimum atomic E-state index is 0.0354. The van der Waals surface area contributed by atoms with Gasteiger partial charge in [0.15, 0.2) is 0 Å². The summed E-state index contributed by atoms with van der Waals surface area (Å²) in [6.07, 6.45) is 5.24. The van der Waals surface area contributed by atoms with Crippen LogP contribution in [0, 0.1) is 6.92 Å². The zero-order valence-electron chi connectivity index (χ0n) is 13.0. The van der Waals surface area contributed by atoms with Gasteiger partial charge >= 0.3 is 0 Å². The minimum Gasteiger partial charge on any atom is -0.307 e. The van der Waals surface area contributed by atoms with Crippen molar-refractivity contribution in [1.82, 2.24) is 25.1 Å². The summed E-state index contributed by atoms with van der Waals surface area (Å²) in [4.78, 5) is 8.87. The van der Waals surface area contributed by atoms with Crippen LogP contribution in [0.25, 0.3) is 0 Å². The summed E-state index contributed by atoms with van der Waals surface area (Å²) in [5, 5.41) is 8.65. The first-order chi connectivity index (χ1) is 10.1. The first-order valence-corrected chi connectivity index (χ1v) is 7.66. The van der Waals surface area contributed by atoms with E-state index >= 15 is 0 Å². The SMILES string of the molecule is CCNC(Cc1c(Cl)c(CC)nn1C)c1ncc(C)cn1. The van der Waals surface area contributed by atoms with Crippen LogP contribution < -0.4 is 5.32 Å². The van der Waals surface area contributed by atoms with E-state index in [0.717, 1.165) is 47.2 Å². The van der Waals surface area contributed by atoms with Crippen LogP contribution in [0.4, 0.5) is 0 Å². The summed E-state index contributed by atoms with van der Waals surface area (Å²) >= 11 is 6.43. The number of hydrogen-bond donors (Lipinski definition) is 1. The Morgan fingerprint density at radius 3 is 2.48 bits per heavy atom. The van der Waals surface area contributed by atoms with Gasteiger partial charge in [-0.05, 0) is 25.5 Å². The molecule has 0 aliphatic carbocycles.